The lowest BCUT2D eigenvalue weighted by Crippen LogP contribution is -2.51. The molecule has 0 saturated carbocycles. The summed E-state index contributed by atoms with van der Waals surface area (Å²) < 4.78 is 6.05. The van der Waals surface area contributed by atoms with Crippen LogP contribution in [0.4, 0.5) is 0 Å². The van der Waals surface area contributed by atoms with Gasteiger partial charge in [0, 0.05) is 25.9 Å². The molecule has 106 valence electrons. The summed E-state index contributed by atoms with van der Waals surface area (Å²) in [5, 5.41) is 3.41. The second kappa shape index (κ2) is 7.04. The first-order valence-electron chi connectivity index (χ1n) is 7.53. The van der Waals surface area contributed by atoms with Gasteiger partial charge in [0.25, 0.3) is 0 Å². The minimum absolute atomic E-state index is 0.0150. The van der Waals surface area contributed by atoms with Crippen molar-refractivity contribution in [3.63, 3.8) is 0 Å². The molecule has 0 radical (unpaired) electrons. The third kappa shape index (κ3) is 3.35. The standard InChI is InChI=1S/C14H20N2O.C2H6/c1-2-4-13(5-3-1)12-16-10-11-17-14(16)6-8-15-9-7-14;1-2/h1-5,15H,6-12H2;1-2H3. The Hall–Kier alpha value is -0.900. The van der Waals surface area contributed by atoms with E-state index in [-0.39, 0.29) is 5.72 Å². The Balaban J connectivity index is 0.000000637. The lowest BCUT2D eigenvalue weighted by molar-refractivity contribution is -0.105. The van der Waals surface area contributed by atoms with Crippen LogP contribution >= 0.6 is 0 Å². The maximum atomic E-state index is 6.05. The molecule has 1 aromatic carbocycles. The fourth-order valence-electron chi connectivity index (χ4n) is 2.95. The molecule has 0 atom stereocenters. The molecule has 2 aliphatic heterocycles. The number of nitrogens with one attached hydrogen (secondary N) is 1. The highest BCUT2D eigenvalue weighted by Crippen LogP contribution is 2.33. The van der Waals surface area contributed by atoms with Gasteiger partial charge in [-0.2, -0.15) is 0 Å². The number of nitrogens with zero attached hydrogens (tertiary/aromatic N) is 1. The molecule has 2 heterocycles. The van der Waals surface area contributed by atoms with E-state index >= 15 is 0 Å². The third-order valence-electron chi connectivity index (χ3n) is 3.91. The van der Waals surface area contributed by atoms with Crippen LogP contribution < -0.4 is 5.32 Å². The van der Waals surface area contributed by atoms with E-state index < -0.39 is 0 Å². The van der Waals surface area contributed by atoms with Gasteiger partial charge in [-0.1, -0.05) is 44.2 Å². The zero-order valence-electron chi connectivity index (χ0n) is 12.2. The fraction of sp³-hybridized carbons (Fsp3) is 0.625. The molecule has 0 bridgehead atoms. The van der Waals surface area contributed by atoms with Gasteiger partial charge < -0.3 is 10.1 Å². The summed E-state index contributed by atoms with van der Waals surface area (Å²) in [6.45, 7) is 9.11. The van der Waals surface area contributed by atoms with Crippen molar-refractivity contribution in [3.05, 3.63) is 35.9 Å². The molecule has 0 amide bonds. The van der Waals surface area contributed by atoms with Crippen molar-refractivity contribution in [2.45, 2.75) is 39.0 Å². The molecule has 0 unspecified atom stereocenters. The topological polar surface area (TPSA) is 24.5 Å². The first-order chi connectivity index (χ1) is 9.39. The Labute approximate surface area is 116 Å². The van der Waals surface area contributed by atoms with Gasteiger partial charge >= 0.3 is 0 Å². The molecular weight excluding hydrogens is 236 g/mol. The second-order valence-corrected chi connectivity index (χ2v) is 4.95. The van der Waals surface area contributed by atoms with E-state index in [1.54, 1.807) is 0 Å². The largest absolute Gasteiger partial charge is 0.359 e. The van der Waals surface area contributed by atoms with E-state index in [0.717, 1.165) is 45.6 Å². The summed E-state index contributed by atoms with van der Waals surface area (Å²) in [5.41, 5.74) is 1.40. The molecule has 19 heavy (non-hydrogen) atoms. The third-order valence-corrected chi connectivity index (χ3v) is 3.91. The van der Waals surface area contributed by atoms with Crippen molar-refractivity contribution in [1.29, 1.82) is 0 Å². The lowest BCUT2D eigenvalue weighted by atomic mass is 9.99. The van der Waals surface area contributed by atoms with Gasteiger partial charge in [-0.15, -0.1) is 0 Å². The smallest absolute Gasteiger partial charge is 0.124 e. The maximum Gasteiger partial charge on any atom is 0.124 e. The fourth-order valence-corrected chi connectivity index (χ4v) is 2.95. The zero-order chi connectivity index (χ0) is 13.6. The second-order valence-electron chi connectivity index (χ2n) is 4.95. The number of hydrogen-bond acceptors (Lipinski definition) is 3. The van der Waals surface area contributed by atoms with E-state index in [2.05, 4.69) is 40.5 Å². The van der Waals surface area contributed by atoms with Gasteiger partial charge in [0.05, 0.1) is 6.61 Å². The molecule has 0 aliphatic carbocycles. The maximum absolute atomic E-state index is 6.05. The van der Waals surface area contributed by atoms with E-state index in [0.29, 0.717) is 0 Å². The first-order valence-corrected chi connectivity index (χ1v) is 7.53. The van der Waals surface area contributed by atoms with Crippen molar-refractivity contribution in [1.82, 2.24) is 10.2 Å². The molecule has 1 N–H and O–H groups in total. The van der Waals surface area contributed by atoms with E-state index in [9.17, 15) is 0 Å². The zero-order valence-corrected chi connectivity index (χ0v) is 12.2. The molecule has 1 spiro atoms. The normalized spacial score (nSPS) is 22.0. The lowest BCUT2D eigenvalue weighted by Gasteiger charge is -2.40. The Kier molecular flexibility index (Phi) is 5.37. The number of benzene rings is 1. The first kappa shape index (κ1) is 14.5. The van der Waals surface area contributed by atoms with Crippen molar-refractivity contribution in [3.8, 4) is 0 Å². The summed E-state index contributed by atoms with van der Waals surface area (Å²) >= 11 is 0. The average molecular weight is 262 g/mol. The van der Waals surface area contributed by atoms with Crippen LogP contribution in [-0.2, 0) is 11.3 Å². The molecule has 3 heteroatoms. The molecule has 2 fully saturated rings. The summed E-state index contributed by atoms with van der Waals surface area (Å²) in [6, 6.07) is 10.7. The number of piperidine rings is 1. The van der Waals surface area contributed by atoms with Crippen molar-refractivity contribution in [2.75, 3.05) is 26.2 Å². The monoisotopic (exact) mass is 262 g/mol. The van der Waals surface area contributed by atoms with Gasteiger partial charge in [0.15, 0.2) is 0 Å². The van der Waals surface area contributed by atoms with Gasteiger partial charge in [-0.05, 0) is 18.7 Å². The van der Waals surface area contributed by atoms with Gasteiger partial charge in [0.2, 0.25) is 0 Å². The Bertz CT molecular complexity index is 360. The number of ether oxygens (including phenoxy) is 1. The molecule has 3 rings (SSSR count). The van der Waals surface area contributed by atoms with Crippen LogP contribution in [0.1, 0.15) is 32.3 Å². The SMILES string of the molecule is CC.c1ccc(CN2CCOC23CCNCC3)cc1. The number of hydrogen-bond donors (Lipinski definition) is 1. The molecule has 0 aromatic heterocycles. The van der Waals surface area contributed by atoms with Crippen LogP contribution in [0, 0.1) is 0 Å². The van der Waals surface area contributed by atoms with Crippen molar-refractivity contribution in [2.24, 2.45) is 0 Å². The quantitative estimate of drug-likeness (QED) is 0.886. The van der Waals surface area contributed by atoms with Crippen LogP contribution in [0.5, 0.6) is 0 Å². The minimum atomic E-state index is 0.0150. The molecule has 2 aliphatic rings. The van der Waals surface area contributed by atoms with E-state index in [1.807, 2.05) is 13.8 Å². The van der Waals surface area contributed by atoms with Crippen molar-refractivity contribution < 1.29 is 4.74 Å². The van der Waals surface area contributed by atoms with Crippen LogP contribution in [-0.4, -0.2) is 36.9 Å². The highest BCUT2D eigenvalue weighted by molar-refractivity contribution is 5.15. The van der Waals surface area contributed by atoms with Gasteiger partial charge in [-0.25, -0.2) is 0 Å². The van der Waals surface area contributed by atoms with Crippen molar-refractivity contribution >= 4 is 0 Å². The van der Waals surface area contributed by atoms with Crippen LogP contribution in [0.3, 0.4) is 0 Å². The Morgan fingerprint density at radius 3 is 2.53 bits per heavy atom. The van der Waals surface area contributed by atoms with Crippen LogP contribution in [0.2, 0.25) is 0 Å². The Morgan fingerprint density at radius 1 is 1.16 bits per heavy atom. The summed E-state index contributed by atoms with van der Waals surface area (Å²) in [6.07, 6.45) is 2.22. The van der Waals surface area contributed by atoms with E-state index in [4.69, 9.17) is 4.74 Å². The predicted octanol–water partition coefficient (Wildman–Crippen LogP) is 2.62. The van der Waals surface area contributed by atoms with Gasteiger partial charge in [-0.3, -0.25) is 4.90 Å². The highest BCUT2D eigenvalue weighted by Gasteiger charge is 2.42. The van der Waals surface area contributed by atoms with E-state index in [1.165, 1.54) is 5.56 Å². The molecule has 3 nitrogen and oxygen atoms in total. The predicted molar refractivity (Wildman–Crippen MR) is 79.0 cm³/mol. The summed E-state index contributed by atoms with van der Waals surface area (Å²) in [4.78, 5) is 2.52. The number of rotatable bonds is 2. The minimum Gasteiger partial charge on any atom is -0.359 e. The average Bonchev–Trinajstić information content (AvgIpc) is 2.85. The molecule has 2 saturated heterocycles. The summed E-state index contributed by atoms with van der Waals surface area (Å²) in [7, 11) is 0. The molecule has 1 aromatic rings. The van der Waals surface area contributed by atoms with Crippen LogP contribution in [0.15, 0.2) is 30.3 Å². The molecular formula is C16H26N2O. The summed E-state index contributed by atoms with van der Waals surface area (Å²) in [5.74, 6) is 0. The van der Waals surface area contributed by atoms with Crippen LogP contribution in [0.25, 0.3) is 0 Å². The highest BCUT2D eigenvalue weighted by atomic mass is 16.5. The Morgan fingerprint density at radius 2 is 1.84 bits per heavy atom. The van der Waals surface area contributed by atoms with Gasteiger partial charge in [0.1, 0.15) is 5.72 Å².